The zero-order valence-electron chi connectivity index (χ0n) is 11.7. The lowest BCUT2D eigenvalue weighted by Gasteiger charge is -2.14. The van der Waals surface area contributed by atoms with E-state index >= 15 is 0 Å². The van der Waals surface area contributed by atoms with Crippen LogP contribution in [0.1, 0.15) is 19.0 Å². The van der Waals surface area contributed by atoms with Crippen molar-refractivity contribution in [2.75, 3.05) is 5.32 Å². The molecule has 0 aliphatic rings. The smallest absolute Gasteiger partial charge is 0.239 e. The second kappa shape index (κ2) is 7.10. The van der Waals surface area contributed by atoms with Crippen molar-refractivity contribution >= 4 is 23.5 Å². The van der Waals surface area contributed by atoms with Crippen molar-refractivity contribution in [3.8, 4) is 0 Å². The number of thioether (sulfide) groups is 1. The summed E-state index contributed by atoms with van der Waals surface area (Å²) in [6.45, 7) is 3.93. The summed E-state index contributed by atoms with van der Waals surface area (Å²) in [6.07, 6.45) is 0.775. The first-order valence-electron chi connectivity index (χ1n) is 6.65. The zero-order chi connectivity index (χ0) is 14.4. The molecule has 104 valence electrons. The van der Waals surface area contributed by atoms with E-state index < -0.39 is 0 Å². The monoisotopic (exact) mass is 286 g/mol. The van der Waals surface area contributed by atoms with Crippen LogP contribution < -0.4 is 5.32 Å². The number of aromatic nitrogens is 1. The van der Waals surface area contributed by atoms with Gasteiger partial charge in [-0.3, -0.25) is 4.79 Å². The molecule has 20 heavy (non-hydrogen) atoms. The average Bonchev–Trinajstić information content (AvgIpc) is 2.45. The quantitative estimate of drug-likeness (QED) is 0.848. The van der Waals surface area contributed by atoms with Crippen LogP contribution in [0, 0.1) is 6.92 Å². The van der Waals surface area contributed by atoms with Crippen molar-refractivity contribution in [1.82, 2.24) is 4.98 Å². The highest BCUT2D eigenvalue weighted by atomic mass is 32.2. The molecule has 0 radical (unpaired) electrons. The molecular formula is C16H18N2OS. The van der Waals surface area contributed by atoms with Gasteiger partial charge in [-0.1, -0.05) is 31.2 Å². The van der Waals surface area contributed by atoms with Gasteiger partial charge in [-0.15, -0.1) is 11.8 Å². The number of anilines is 1. The third kappa shape index (κ3) is 4.10. The number of rotatable bonds is 5. The summed E-state index contributed by atoms with van der Waals surface area (Å²) in [5, 5.41) is 2.77. The van der Waals surface area contributed by atoms with E-state index in [0.717, 1.165) is 17.0 Å². The van der Waals surface area contributed by atoms with E-state index in [0.29, 0.717) is 5.82 Å². The molecule has 0 fully saturated rings. The molecule has 4 heteroatoms. The Morgan fingerprint density at radius 2 is 1.95 bits per heavy atom. The largest absolute Gasteiger partial charge is 0.310 e. The lowest BCUT2D eigenvalue weighted by atomic mass is 10.3. The summed E-state index contributed by atoms with van der Waals surface area (Å²) in [4.78, 5) is 17.7. The molecule has 1 amide bonds. The predicted octanol–water partition coefficient (Wildman–Crippen LogP) is 3.90. The van der Waals surface area contributed by atoms with Gasteiger partial charge in [-0.25, -0.2) is 4.98 Å². The second-order valence-corrected chi connectivity index (χ2v) is 5.76. The number of aryl methyl sites for hydroxylation is 1. The van der Waals surface area contributed by atoms with E-state index in [1.54, 1.807) is 11.8 Å². The standard InChI is InChI=1S/C16H18N2OS/c1-3-14(20-13-9-5-4-6-10-13)16(19)18-15-11-7-8-12(2)17-15/h4-11,14H,3H2,1-2H3,(H,17,18,19). The number of carbonyl (C=O) groups excluding carboxylic acids is 1. The molecule has 0 saturated carbocycles. The van der Waals surface area contributed by atoms with Gasteiger partial charge in [0.25, 0.3) is 0 Å². The highest BCUT2D eigenvalue weighted by Crippen LogP contribution is 2.25. The zero-order valence-corrected chi connectivity index (χ0v) is 12.5. The fourth-order valence-corrected chi connectivity index (χ4v) is 2.78. The number of carbonyl (C=O) groups is 1. The maximum Gasteiger partial charge on any atom is 0.239 e. The number of amides is 1. The minimum atomic E-state index is -0.111. The summed E-state index contributed by atoms with van der Waals surface area (Å²) < 4.78 is 0. The Morgan fingerprint density at radius 3 is 2.60 bits per heavy atom. The molecule has 1 aromatic heterocycles. The van der Waals surface area contributed by atoms with Gasteiger partial charge in [0.2, 0.25) is 5.91 Å². The number of hydrogen-bond donors (Lipinski definition) is 1. The molecule has 0 bridgehead atoms. The van der Waals surface area contributed by atoms with Crippen LogP contribution in [0.2, 0.25) is 0 Å². The Hall–Kier alpha value is -1.81. The third-order valence-electron chi connectivity index (χ3n) is 2.82. The maximum atomic E-state index is 12.3. The van der Waals surface area contributed by atoms with E-state index in [2.05, 4.69) is 10.3 Å². The van der Waals surface area contributed by atoms with E-state index in [1.165, 1.54) is 0 Å². The SMILES string of the molecule is CCC(Sc1ccccc1)C(=O)Nc1cccc(C)n1. The highest BCUT2D eigenvalue weighted by Gasteiger charge is 2.18. The van der Waals surface area contributed by atoms with E-state index in [4.69, 9.17) is 0 Å². The Bertz CT molecular complexity index is 572. The molecule has 3 nitrogen and oxygen atoms in total. The lowest BCUT2D eigenvalue weighted by molar-refractivity contribution is -0.115. The summed E-state index contributed by atoms with van der Waals surface area (Å²) in [7, 11) is 0. The van der Waals surface area contributed by atoms with Crippen molar-refractivity contribution < 1.29 is 4.79 Å². The van der Waals surface area contributed by atoms with Crippen LogP contribution in [-0.4, -0.2) is 16.1 Å². The molecule has 1 N–H and O–H groups in total. The molecule has 0 saturated heterocycles. The molecule has 2 aromatic rings. The minimum absolute atomic E-state index is 0.000506. The lowest BCUT2D eigenvalue weighted by Crippen LogP contribution is -2.25. The van der Waals surface area contributed by atoms with Crippen LogP contribution in [0.3, 0.4) is 0 Å². The summed E-state index contributed by atoms with van der Waals surface area (Å²) >= 11 is 1.58. The number of hydrogen-bond acceptors (Lipinski definition) is 3. The predicted molar refractivity (Wildman–Crippen MR) is 84.0 cm³/mol. The number of nitrogens with zero attached hydrogens (tertiary/aromatic N) is 1. The minimum Gasteiger partial charge on any atom is -0.310 e. The molecule has 0 spiro atoms. The second-order valence-electron chi connectivity index (χ2n) is 4.48. The van der Waals surface area contributed by atoms with E-state index in [9.17, 15) is 4.79 Å². The third-order valence-corrected chi connectivity index (χ3v) is 4.20. The van der Waals surface area contributed by atoms with Crippen LogP contribution in [0.5, 0.6) is 0 Å². The van der Waals surface area contributed by atoms with E-state index in [-0.39, 0.29) is 11.2 Å². The first-order chi connectivity index (χ1) is 9.69. The summed E-state index contributed by atoms with van der Waals surface area (Å²) in [5.41, 5.74) is 0.895. The summed E-state index contributed by atoms with van der Waals surface area (Å²) in [5.74, 6) is 0.613. The fourth-order valence-electron chi connectivity index (χ4n) is 1.80. The highest BCUT2D eigenvalue weighted by molar-refractivity contribution is 8.00. The molecule has 1 unspecified atom stereocenters. The Morgan fingerprint density at radius 1 is 1.20 bits per heavy atom. The number of benzene rings is 1. The van der Waals surface area contributed by atoms with Crippen LogP contribution >= 0.6 is 11.8 Å². The van der Waals surface area contributed by atoms with Gasteiger partial charge in [0.1, 0.15) is 5.82 Å². The molecule has 0 aliphatic carbocycles. The van der Waals surface area contributed by atoms with Crippen molar-refractivity contribution in [3.05, 3.63) is 54.2 Å². The van der Waals surface area contributed by atoms with E-state index in [1.807, 2.05) is 62.4 Å². The Labute approximate surface area is 123 Å². The van der Waals surface area contributed by atoms with Gasteiger partial charge in [-0.05, 0) is 37.6 Å². The summed E-state index contributed by atoms with van der Waals surface area (Å²) in [6, 6.07) is 15.6. The van der Waals surface area contributed by atoms with Crippen LogP contribution in [-0.2, 0) is 4.79 Å². The first-order valence-corrected chi connectivity index (χ1v) is 7.53. The van der Waals surface area contributed by atoms with Gasteiger partial charge in [0, 0.05) is 10.6 Å². The molecular weight excluding hydrogens is 268 g/mol. The van der Waals surface area contributed by atoms with Gasteiger partial charge in [0.05, 0.1) is 5.25 Å². The Kier molecular flexibility index (Phi) is 5.18. The molecule has 2 rings (SSSR count). The van der Waals surface area contributed by atoms with Gasteiger partial charge < -0.3 is 5.32 Å². The van der Waals surface area contributed by atoms with Crippen molar-refractivity contribution in [1.29, 1.82) is 0 Å². The molecule has 0 aliphatic heterocycles. The molecule has 1 aromatic carbocycles. The van der Waals surface area contributed by atoms with Gasteiger partial charge >= 0.3 is 0 Å². The van der Waals surface area contributed by atoms with Crippen LogP contribution in [0.25, 0.3) is 0 Å². The molecule has 1 heterocycles. The van der Waals surface area contributed by atoms with Crippen molar-refractivity contribution in [2.24, 2.45) is 0 Å². The van der Waals surface area contributed by atoms with Gasteiger partial charge in [0.15, 0.2) is 0 Å². The topological polar surface area (TPSA) is 42.0 Å². The normalized spacial score (nSPS) is 11.9. The van der Waals surface area contributed by atoms with Crippen LogP contribution in [0.15, 0.2) is 53.4 Å². The van der Waals surface area contributed by atoms with Crippen molar-refractivity contribution in [2.45, 2.75) is 30.4 Å². The first kappa shape index (κ1) is 14.6. The van der Waals surface area contributed by atoms with Gasteiger partial charge in [-0.2, -0.15) is 0 Å². The number of nitrogens with one attached hydrogen (secondary N) is 1. The van der Waals surface area contributed by atoms with Crippen molar-refractivity contribution in [3.63, 3.8) is 0 Å². The maximum absolute atomic E-state index is 12.3. The molecule has 1 atom stereocenters. The Balaban J connectivity index is 2.02. The number of pyridine rings is 1. The average molecular weight is 286 g/mol. The fraction of sp³-hybridized carbons (Fsp3) is 0.250. The van der Waals surface area contributed by atoms with Crippen LogP contribution in [0.4, 0.5) is 5.82 Å².